The fourth-order valence-corrected chi connectivity index (χ4v) is 3.79. The number of ether oxygens (including phenoxy) is 2. The zero-order valence-corrected chi connectivity index (χ0v) is 20.4. The van der Waals surface area contributed by atoms with Crippen molar-refractivity contribution in [2.24, 2.45) is 0 Å². The van der Waals surface area contributed by atoms with Gasteiger partial charge in [0.25, 0.3) is 0 Å². The Bertz CT molecular complexity index is 1440. The maximum absolute atomic E-state index is 13.0. The quantitative estimate of drug-likeness (QED) is 0.221. The summed E-state index contributed by atoms with van der Waals surface area (Å²) in [7, 11) is 0. The maximum Gasteiger partial charge on any atom is 0.416 e. The molecule has 2 heterocycles. The zero-order chi connectivity index (χ0) is 25.9. The Kier molecular flexibility index (Phi) is 7.30. The number of rotatable bonds is 7. The van der Waals surface area contributed by atoms with Crippen molar-refractivity contribution in [1.82, 2.24) is 9.38 Å². The van der Waals surface area contributed by atoms with Crippen LogP contribution in [0.4, 0.5) is 19.0 Å². The van der Waals surface area contributed by atoms with Gasteiger partial charge in [-0.3, -0.25) is 9.20 Å². The number of carbonyl (C=O) groups is 2. The summed E-state index contributed by atoms with van der Waals surface area (Å²) < 4.78 is 51.9. The van der Waals surface area contributed by atoms with Gasteiger partial charge in [-0.2, -0.15) is 13.2 Å². The van der Waals surface area contributed by atoms with E-state index in [1.165, 1.54) is 18.2 Å². The SMILES string of the molecule is CCOC(=O)CNc1c(-c2cccc(OC(=O)c3cccc(C(F)(F)F)c3)c2)nc2ccc(Br)cn12. The number of nitrogens with zero attached hydrogens (tertiary/aromatic N) is 2. The molecule has 2 aromatic heterocycles. The lowest BCUT2D eigenvalue weighted by molar-refractivity contribution is -0.141. The average molecular weight is 562 g/mol. The van der Waals surface area contributed by atoms with Crippen molar-refractivity contribution < 1.29 is 32.2 Å². The largest absolute Gasteiger partial charge is 0.465 e. The third-order valence-electron chi connectivity index (χ3n) is 5.03. The predicted octanol–water partition coefficient (Wildman–Crippen LogP) is 5.98. The van der Waals surface area contributed by atoms with E-state index in [0.717, 1.165) is 22.7 Å². The first-order chi connectivity index (χ1) is 17.2. The lowest BCUT2D eigenvalue weighted by Gasteiger charge is -2.10. The van der Waals surface area contributed by atoms with Crippen LogP contribution in [0.5, 0.6) is 5.75 Å². The van der Waals surface area contributed by atoms with Crippen LogP contribution < -0.4 is 10.1 Å². The molecule has 0 atom stereocenters. The van der Waals surface area contributed by atoms with Crippen LogP contribution in [0.1, 0.15) is 22.8 Å². The Labute approximate surface area is 212 Å². The Balaban J connectivity index is 1.65. The molecule has 7 nitrogen and oxygen atoms in total. The highest BCUT2D eigenvalue weighted by atomic mass is 79.9. The standard InChI is InChI=1S/C25H19BrF3N3O4/c1-2-35-21(33)13-30-23-22(31-20-10-9-18(26)14-32(20)23)15-5-4-8-19(12-15)36-24(34)16-6-3-7-17(11-16)25(27,28)29/h3-12,14,30H,2,13H2,1H3. The van der Waals surface area contributed by atoms with Crippen molar-refractivity contribution in [1.29, 1.82) is 0 Å². The Hall–Kier alpha value is -3.86. The number of esters is 2. The number of anilines is 1. The predicted molar refractivity (Wildman–Crippen MR) is 130 cm³/mol. The summed E-state index contributed by atoms with van der Waals surface area (Å²) in [5, 5.41) is 3.04. The first kappa shape index (κ1) is 25.2. The van der Waals surface area contributed by atoms with Crippen LogP contribution in [0.2, 0.25) is 0 Å². The summed E-state index contributed by atoms with van der Waals surface area (Å²) in [6.45, 7) is 1.84. The normalized spacial score (nSPS) is 11.4. The van der Waals surface area contributed by atoms with E-state index in [1.807, 2.05) is 6.07 Å². The highest BCUT2D eigenvalue weighted by Crippen LogP contribution is 2.33. The van der Waals surface area contributed by atoms with Gasteiger partial charge in [-0.05, 0) is 65.3 Å². The molecule has 36 heavy (non-hydrogen) atoms. The van der Waals surface area contributed by atoms with Gasteiger partial charge in [0.1, 0.15) is 29.5 Å². The smallest absolute Gasteiger partial charge is 0.416 e. The maximum atomic E-state index is 13.0. The zero-order valence-electron chi connectivity index (χ0n) is 18.8. The molecule has 0 saturated heterocycles. The molecule has 0 radical (unpaired) electrons. The fourth-order valence-electron chi connectivity index (χ4n) is 3.45. The first-order valence-electron chi connectivity index (χ1n) is 10.7. The monoisotopic (exact) mass is 561 g/mol. The van der Waals surface area contributed by atoms with Gasteiger partial charge < -0.3 is 14.8 Å². The Morgan fingerprint density at radius 2 is 1.86 bits per heavy atom. The number of halogens is 4. The van der Waals surface area contributed by atoms with Crippen molar-refractivity contribution in [3.8, 4) is 17.0 Å². The highest BCUT2D eigenvalue weighted by Gasteiger charge is 2.31. The third kappa shape index (κ3) is 5.68. The van der Waals surface area contributed by atoms with E-state index in [4.69, 9.17) is 9.47 Å². The summed E-state index contributed by atoms with van der Waals surface area (Å²) in [6, 6.07) is 14.0. The van der Waals surface area contributed by atoms with Gasteiger partial charge in [0.2, 0.25) is 0 Å². The van der Waals surface area contributed by atoms with Crippen LogP contribution in [0, 0.1) is 0 Å². The van der Waals surface area contributed by atoms with Gasteiger partial charge in [-0.25, -0.2) is 9.78 Å². The van der Waals surface area contributed by atoms with Gasteiger partial charge in [-0.15, -0.1) is 0 Å². The summed E-state index contributed by atoms with van der Waals surface area (Å²) in [5.74, 6) is -0.764. The fraction of sp³-hybridized carbons (Fsp3) is 0.160. The molecule has 0 aliphatic carbocycles. The number of carbonyl (C=O) groups excluding carboxylic acids is 2. The molecule has 11 heteroatoms. The summed E-state index contributed by atoms with van der Waals surface area (Å²) in [5.41, 5.74) is 0.430. The lowest BCUT2D eigenvalue weighted by atomic mass is 10.1. The second kappa shape index (κ2) is 10.4. The van der Waals surface area contributed by atoms with Gasteiger partial charge in [0.15, 0.2) is 0 Å². The number of hydrogen-bond acceptors (Lipinski definition) is 6. The number of alkyl halides is 3. The molecule has 0 spiro atoms. The molecular weight excluding hydrogens is 543 g/mol. The van der Waals surface area contributed by atoms with Gasteiger partial charge >= 0.3 is 18.1 Å². The van der Waals surface area contributed by atoms with E-state index in [-0.39, 0.29) is 24.5 Å². The molecule has 186 valence electrons. The molecule has 0 amide bonds. The van der Waals surface area contributed by atoms with E-state index in [0.29, 0.717) is 22.7 Å². The number of pyridine rings is 1. The average Bonchev–Trinajstić information content (AvgIpc) is 3.20. The van der Waals surface area contributed by atoms with Crippen molar-refractivity contribution in [3.05, 3.63) is 82.5 Å². The molecule has 0 bridgehead atoms. The number of nitrogens with one attached hydrogen (secondary N) is 1. The number of hydrogen-bond donors (Lipinski definition) is 1. The lowest BCUT2D eigenvalue weighted by Crippen LogP contribution is -2.17. The van der Waals surface area contributed by atoms with Crippen LogP contribution >= 0.6 is 15.9 Å². The molecule has 4 aromatic rings. The van der Waals surface area contributed by atoms with Gasteiger partial charge in [-0.1, -0.05) is 18.2 Å². The molecule has 1 N–H and O–H groups in total. The summed E-state index contributed by atoms with van der Waals surface area (Å²) >= 11 is 3.42. The number of aromatic nitrogens is 2. The molecule has 0 saturated carbocycles. The van der Waals surface area contributed by atoms with E-state index in [2.05, 4.69) is 26.2 Å². The van der Waals surface area contributed by atoms with Crippen molar-refractivity contribution in [2.75, 3.05) is 18.5 Å². The minimum Gasteiger partial charge on any atom is -0.465 e. The van der Waals surface area contributed by atoms with E-state index >= 15 is 0 Å². The van der Waals surface area contributed by atoms with E-state index in [1.54, 1.807) is 35.7 Å². The molecule has 4 rings (SSSR count). The number of imidazole rings is 1. The van der Waals surface area contributed by atoms with Crippen LogP contribution in [0.15, 0.2) is 71.3 Å². The minimum absolute atomic E-state index is 0.106. The molecule has 2 aromatic carbocycles. The summed E-state index contributed by atoms with van der Waals surface area (Å²) in [4.78, 5) is 29.1. The minimum atomic E-state index is -4.58. The van der Waals surface area contributed by atoms with E-state index < -0.39 is 23.7 Å². The van der Waals surface area contributed by atoms with Crippen molar-refractivity contribution >= 4 is 39.3 Å². The number of benzene rings is 2. The van der Waals surface area contributed by atoms with Crippen LogP contribution in [0.25, 0.3) is 16.9 Å². The van der Waals surface area contributed by atoms with E-state index in [9.17, 15) is 22.8 Å². The number of fused-ring (bicyclic) bond motifs is 1. The molecule has 0 aliphatic rings. The highest BCUT2D eigenvalue weighted by molar-refractivity contribution is 9.10. The van der Waals surface area contributed by atoms with Gasteiger partial charge in [0, 0.05) is 16.2 Å². The molecule has 0 aliphatic heterocycles. The Morgan fingerprint density at radius 1 is 1.08 bits per heavy atom. The first-order valence-corrected chi connectivity index (χ1v) is 11.5. The topological polar surface area (TPSA) is 81.9 Å². The summed E-state index contributed by atoms with van der Waals surface area (Å²) in [6.07, 6.45) is -2.81. The third-order valence-corrected chi connectivity index (χ3v) is 5.50. The van der Waals surface area contributed by atoms with Crippen LogP contribution in [-0.2, 0) is 15.7 Å². The van der Waals surface area contributed by atoms with Crippen molar-refractivity contribution in [2.45, 2.75) is 13.1 Å². The van der Waals surface area contributed by atoms with Crippen molar-refractivity contribution in [3.63, 3.8) is 0 Å². The molecule has 0 unspecified atom stereocenters. The van der Waals surface area contributed by atoms with Crippen LogP contribution in [0.3, 0.4) is 0 Å². The van der Waals surface area contributed by atoms with Crippen LogP contribution in [-0.4, -0.2) is 34.5 Å². The molecule has 0 fully saturated rings. The Morgan fingerprint density at radius 3 is 2.61 bits per heavy atom. The second-order valence-electron chi connectivity index (χ2n) is 7.54. The molecular formula is C25H19BrF3N3O4. The van der Waals surface area contributed by atoms with Gasteiger partial charge in [0.05, 0.1) is 17.7 Å². The second-order valence-corrected chi connectivity index (χ2v) is 8.45.